The van der Waals surface area contributed by atoms with Crippen LogP contribution in [0.4, 0.5) is 0 Å². The maximum Gasteiger partial charge on any atom is 0.305 e. The van der Waals surface area contributed by atoms with Gasteiger partial charge < -0.3 is 25.0 Å². The molecule has 1 heterocycles. The van der Waals surface area contributed by atoms with Gasteiger partial charge in [-0.05, 0) is 48.7 Å². The summed E-state index contributed by atoms with van der Waals surface area (Å²) in [5.74, 6) is -1.02. The highest BCUT2D eigenvalue weighted by atomic mass is 16.5. The number of benzene rings is 2. The molecule has 9 heteroatoms. The fraction of sp³-hybridized carbons (Fsp3) is 0.261. The normalized spacial score (nSPS) is 11.6. The number of nitrogens with zero attached hydrogens (tertiary/aromatic N) is 2. The molecule has 0 spiro atoms. The van der Waals surface area contributed by atoms with E-state index in [1.54, 1.807) is 18.2 Å². The highest BCUT2D eigenvalue weighted by Gasteiger charge is 2.23. The molecule has 9 nitrogen and oxygen atoms in total. The molecule has 1 aromatic heterocycles. The molecule has 3 rings (SSSR count). The number of rotatable bonds is 8. The van der Waals surface area contributed by atoms with E-state index in [9.17, 15) is 19.8 Å². The Bertz CT molecular complexity index is 1150. The molecule has 32 heavy (non-hydrogen) atoms. The predicted octanol–water partition coefficient (Wildman–Crippen LogP) is 3.16. The fourth-order valence-corrected chi connectivity index (χ4v) is 3.34. The van der Waals surface area contributed by atoms with Crippen molar-refractivity contribution in [1.82, 2.24) is 15.1 Å². The number of aromatic nitrogens is 2. The van der Waals surface area contributed by atoms with Gasteiger partial charge >= 0.3 is 5.97 Å². The number of nitrogens with one attached hydrogen (secondary N) is 1. The summed E-state index contributed by atoms with van der Waals surface area (Å²) in [6, 6.07) is 11.0. The lowest BCUT2D eigenvalue weighted by Crippen LogP contribution is -2.30. The second-order valence-corrected chi connectivity index (χ2v) is 7.33. The predicted molar refractivity (Wildman–Crippen MR) is 117 cm³/mol. The topological polar surface area (TPSA) is 123 Å². The van der Waals surface area contributed by atoms with Crippen molar-refractivity contribution in [3.05, 3.63) is 64.8 Å². The van der Waals surface area contributed by atoms with Crippen molar-refractivity contribution in [2.24, 2.45) is 0 Å². The third-order valence-corrected chi connectivity index (χ3v) is 5.01. The van der Waals surface area contributed by atoms with E-state index < -0.39 is 17.9 Å². The third-order valence-electron chi connectivity index (χ3n) is 5.01. The number of methoxy groups -OCH3 is 2. The number of aliphatic carboxylic acids is 1. The monoisotopic (exact) mass is 439 g/mol. The van der Waals surface area contributed by atoms with Crippen LogP contribution in [0, 0.1) is 13.8 Å². The Morgan fingerprint density at radius 3 is 2.44 bits per heavy atom. The Kier molecular flexibility index (Phi) is 6.67. The van der Waals surface area contributed by atoms with E-state index in [0.717, 1.165) is 11.1 Å². The average molecular weight is 439 g/mol. The number of carboxylic acids is 1. The molecule has 0 aliphatic rings. The Morgan fingerprint density at radius 1 is 1.06 bits per heavy atom. The number of carbonyl (C=O) groups excluding carboxylic acids is 1. The van der Waals surface area contributed by atoms with E-state index in [1.165, 1.54) is 25.0 Å². The molecule has 0 saturated carbocycles. The first-order chi connectivity index (χ1) is 15.2. The first kappa shape index (κ1) is 22.7. The highest BCUT2D eigenvalue weighted by molar-refractivity contribution is 5.93. The van der Waals surface area contributed by atoms with Crippen molar-refractivity contribution in [1.29, 1.82) is 0 Å². The highest BCUT2D eigenvalue weighted by Crippen LogP contribution is 2.31. The van der Waals surface area contributed by atoms with E-state index in [1.807, 2.05) is 32.0 Å². The van der Waals surface area contributed by atoms with Gasteiger partial charge in [-0.2, -0.15) is 5.10 Å². The largest absolute Gasteiger partial charge is 0.493 e. The van der Waals surface area contributed by atoms with Crippen LogP contribution < -0.4 is 14.8 Å². The lowest BCUT2D eigenvalue weighted by Gasteiger charge is -2.18. The zero-order valence-electron chi connectivity index (χ0n) is 18.2. The number of hydrogen-bond acceptors (Lipinski definition) is 6. The van der Waals surface area contributed by atoms with E-state index in [0.29, 0.717) is 22.7 Å². The number of ether oxygens (including phenoxy) is 2. The van der Waals surface area contributed by atoms with E-state index in [-0.39, 0.29) is 18.0 Å². The fourth-order valence-electron chi connectivity index (χ4n) is 3.34. The molecule has 0 aliphatic carbocycles. The zero-order valence-corrected chi connectivity index (χ0v) is 18.2. The van der Waals surface area contributed by atoms with Gasteiger partial charge in [-0.1, -0.05) is 18.2 Å². The first-order valence-corrected chi connectivity index (χ1v) is 9.84. The average Bonchev–Trinajstić information content (AvgIpc) is 3.15. The summed E-state index contributed by atoms with van der Waals surface area (Å²) in [4.78, 5) is 24.3. The van der Waals surface area contributed by atoms with Gasteiger partial charge in [0.05, 0.1) is 32.4 Å². The van der Waals surface area contributed by atoms with Crippen molar-refractivity contribution in [3.63, 3.8) is 0 Å². The van der Waals surface area contributed by atoms with Crippen LogP contribution in [0.15, 0.2) is 42.5 Å². The lowest BCUT2D eigenvalue weighted by atomic mass is 10.0. The van der Waals surface area contributed by atoms with Gasteiger partial charge in [-0.25, -0.2) is 4.68 Å². The quantitative estimate of drug-likeness (QED) is 0.493. The van der Waals surface area contributed by atoms with Crippen LogP contribution >= 0.6 is 0 Å². The van der Waals surface area contributed by atoms with Crippen LogP contribution in [-0.4, -0.2) is 46.1 Å². The number of aryl methyl sites for hydroxylation is 2. The van der Waals surface area contributed by atoms with Crippen molar-refractivity contribution in [2.45, 2.75) is 26.3 Å². The number of hydrogen-bond donors (Lipinski definition) is 3. The van der Waals surface area contributed by atoms with Crippen LogP contribution in [0.2, 0.25) is 0 Å². The van der Waals surface area contributed by atoms with Gasteiger partial charge in [0.1, 0.15) is 0 Å². The van der Waals surface area contributed by atoms with Crippen LogP contribution in [0.25, 0.3) is 5.69 Å². The molecule has 0 fully saturated rings. The zero-order chi connectivity index (χ0) is 23.4. The molecule has 1 unspecified atom stereocenters. The van der Waals surface area contributed by atoms with Crippen LogP contribution in [0.3, 0.4) is 0 Å². The first-order valence-electron chi connectivity index (χ1n) is 9.84. The molecular formula is C23H25N3O6. The lowest BCUT2D eigenvalue weighted by molar-refractivity contribution is -0.137. The molecule has 1 atom stereocenters. The number of carboxylic acid groups (broad SMARTS) is 1. The minimum absolute atomic E-state index is 0.0423. The third kappa shape index (κ3) is 4.83. The van der Waals surface area contributed by atoms with Crippen molar-refractivity contribution in [2.75, 3.05) is 14.2 Å². The summed E-state index contributed by atoms with van der Waals surface area (Å²) in [6.07, 6.45) is -0.356. The van der Waals surface area contributed by atoms with Crippen LogP contribution in [-0.2, 0) is 4.79 Å². The molecule has 3 N–H and O–H groups in total. The second-order valence-electron chi connectivity index (χ2n) is 7.33. The maximum atomic E-state index is 12.9. The van der Waals surface area contributed by atoms with Gasteiger partial charge in [0, 0.05) is 6.07 Å². The van der Waals surface area contributed by atoms with Crippen molar-refractivity contribution >= 4 is 11.9 Å². The van der Waals surface area contributed by atoms with Crippen molar-refractivity contribution in [3.8, 4) is 23.1 Å². The van der Waals surface area contributed by atoms with Gasteiger partial charge in [-0.15, -0.1) is 0 Å². The minimum atomic E-state index is -1.09. The molecule has 3 aromatic rings. The van der Waals surface area contributed by atoms with Gasteiger partial charge in [0.2, 0.25) is 5.88 Å². The molecule has 0 radical (unpaired) electrons. The summed E-state index contributed by atoms with van der Waals surface area (Å²) in [7, 11) is 2.96. The summed E-state index contributed by atoms with van der Waals surface area (Å²) >= 11 is 0. The molecule has 168 valence electrons. The van der Waals surface area contributed by atoms with E-state index in [2.05, 4.69) is 10.4 Å². The molecule has 0 aliphatic heterocycles. The van der Waals surface area contributed by atoms with Crippen LogP contribution in [0.1, 0.15) is 39.6 Å². The Morgan fingerprint density at radius 2 is 1.78 bits per heavy atom. The summed E-state index contributed by atoms with van der Waals surface area (Å²) in [5.41, 5.74) is 2.97. The number of carbonyl (C=O) groups is 2. The van der Waals surface area contributed by atoms with Crippen LogP contribution in [0.5, 0.6) is 17.4 Å². The minimum Gasteiger partial charge on any atom is -0.493 e. The molecular weight excluding hydrogens is 414 g/mol. The Hall–Kier alpha value is -4.01. The SMILES string of the molecule is COc1ccc(C(CC(=O)O)NC(=O)c2cc(O)n(-c3cc(C)ccc3C)n2)cc1OC. The summed E-state index contributed by atoms with van der Waals surface area (Å²) in [6.45, 7) is 3.78. The number of aromatic hydroxyl groups is 1. The second kappa shape index (κ2) is 9.42. The molecule has 0 bridgehead atoms. The number of amides is 1. The smallest absolute Gasteiger partial charge is 0.305 e. The van der Waals surface area contributed by atoms with Gasteiger partial charge in [0.15, 0.2) is 17.2 Å². The maximum absolute atomic E-state index is 12.9. The van der Waals surface area contributed by atoms with Gasteiger partial charge in [0.25, 0.3) is 5.91 Å². The summed E-state index contributed by atoms with van der Waals surface area (Å²) < 4.78 is 11.8. The molecule has 0 saturated heterocycles. The van der Waals surface area contributed by atoms with E-state index in [4.69, 9.17) is 9.47 Å². The molecule has 2 aromatic carbocycles. The summed E-state index contributed by atoms with van der Waals surface area (Å²) in [5, 5.41) is 26.6. The van der Waals surface area contributed by atoms with E-state index >= 15 is 0 Å². The molecule has 1 amide bonds. The Balaban J connectivity index is 1.91. The van der Waals surface area contributed by atoms with Crippen molar-refractivity contribution < 1.29 is 29.3 Å². The Labute approximate surface area is 185 Å². The standard InChI is InChI=1S/C23H25N3O6/c1-13-5-6-14(2)18(9-13)26-21(27)11-17(25-26)23(30)24-16(12-22(28)29)15-7-8-19(31-3)20(10-15)32-4/h5-11,16,27H,12H2,1-4H3,(H,24,30)(H,28,29). The van der Waals surface area contributed by atoms with Gasteiger partial charge in [-0.3, -0.25) is 9.59 Å².